The Morgan fingerprint density at radius 2 is 1.68 bits per heavy atom. The minimum atomic E-state index is -0.534. The van der Waals surface area contributed by atoms with Crippen LogP contribution >= 0.6 is 0 Å². The molecule has 0 atom stereocenters. The molecule has 4 nitrogen and oxygen atoms in total. The highest BCUT2D eigenvalue weighted by atomic mass is 16.6. The molecule has 0 saturated heterocycles. The van der Waals surface area contributed by atoms with Crippen LogP contribution in [0.3, 0.4) is 0 Å². The maximum Gasteiger partial charge on any atom is 0.344 e. The summed E-state index contributed by atoms with van der Waals surface area (Å²) in [5.74, 6) is 0.773. The van der Waals surface area contributed by atoms with E-state index < -0.39 is 11.6 Å². The first-order chi connectivity index (χ1) is 11.9. The Morgan fingerprint density at radius 1 is 1.04 bits per heavy atom. The first-order valence-electron chi connectivity index (χ1n) is 8.14. The molecule has 0 saturated carbocycles. The van der Waals surface area contributed by atoms with Gasteiger partial charge in [-0.05, 0) is 44.0 Å². The molecule has 4 heteroatoms. The molecule has 0 fully saturated rings. The molecule has 0 heterocycles. The third-order valence-corrected chi connectivity index (χ3v) is 3.16. The zero-order valence-corrected chi connectivity index (χ0v) is 15.0. The van der Waals surface area contributed by atoms with Crippen molar-refractivity contribution in [1.29, 1.82) is 0 Å². The van der Waals surface area contributed by atoms with Gasteiger partial charge in [0.15, 0.2) is 6.61 Å². The van der Waals surface area contributed by atoms with Crippen molar-refractivity contribution >= 4 is 12.0 Å². The lowest BCUT2D eigenvalue weighted by Crippen LogP contribution is -2.27. The van der Waals surface area contributed by atoms with E-state index in [0.29, 0.717) is 18.1 Å². The second-order valence-corrected chi connectivity index (χ2v) is 6.59. The van der Waals surface area contributed by atoms with Crippen LogP contribution in [0.15, 0.2) is 55.1 Å². The molecule has 0 aliphatic heterocycles. The van der Waals surface area contributed by atoms with Crippen molar-refractivity contribution in [1.82, 2.24) is 0 Å². The summed E-state index contributed by atoms with van der Waals surface area (Å²) in [5.41, 5.74) is 1.39. The maximum absolute atomic E-state index is 11.8. The zero-order valence-electron chi connectivity index (χ0n) is 15.0. The molecule has 2 rings (SSSR count). The van der Waals surface area contributed by atoms with Crippen LogP contribution in [0.5, 0.6) is 11.5 Å². The summed E-state index contributed by atoms with van der Waals surface area (Å²) in [5, 5.41) is 0. The number of ether oxygens (including phenoxy) is 3. The lowest BCUT2D eigenvalue weighted by atomic mass is 10.2. The number of hydrogen-bond acceptors (Lipinski definition) is 4. The van der Waals surface area contributed by atoms with Gasteiger partial charge in [0.2, 0.25) is 0 Å². The normalized spacial score (nSPS) is 10.8. The van der Waals surface area contributed by atoms with Crippen LogP contribution in [0.2, 0.25) is 0 Å². The van der Waals surface area contributed by atoms with Crippen molar-refractivity contribution in [3.05, 3.63) is 66.2 Å². The average Bonchev–Trinajstić information content (AvgIpc) is 2.57. The second-order valence-electron chi connectivity index (χ2n) is 6.59. The van der Waals surface area contributed by atoms with Crippen LogP contribution < -0.4 is 9.47 Å². The predicted molar refractivity (Wildman–Crippen MR) is 98.6 cm³/mol. The van der Waals surface area contributed by atoms with Gasteiger partial charge in [-0.2, -0.15) is 0 Å². The Hall–Kier alpha value is -2.75. The number of benzene rings is 2. The molecule has 0 bridgehead atoms. The highest BCUT2D eigenvalue weighted by Crippen LogP contribution is 2.24. The van der Waals surface area contributed by atoms with Gasteiger partial charge >= 0.3 is 5.97 Å². The topological polar surface area (TPSA) is 44.8 Å². The number of carbonyl (C=O) groups is 1. The number of rotatable bonds is 7. The highest BCUT2D eigenvalue weighted by Gasteiger charge is 2.16. The summed E-state index contributed by atoms with van der Waals surface area (Å²) in [4.78, 5) is 11.8. The van der Waals surface area contributed by atoms with E-state index in [4.69, 9.17) is 14.2 Å². The number of hydrogen-bond donors (Lipinski definition) is 0. The molecule has 2 aromatic carbocycles. The van der Waals surface area contributed by atoms with Crippen molar-refractivity contribution in [3.8, 4) is 11.5 Å². The van der Waals surface area contributed by atoms with Crippen molar-refractivity contribution in [3.63, 3.8) is 0 Å². The van der Waals surface area contributed by atoms with Crippen molar-refractivity contribution in [2.45, 2.75) is 33.0 Å². The summed E-state index contributed by atoms with van der Waals surface area (Å²) in [7, 11) is 0. The summed E-state index contributed by atoms with van der Waals surface area (Å²) >= 11 is 0. The van der Waals surface area contributed by atoms with Crippen LogP contribution in [0.1, 0.15) is 31.9 Å². The van der Waals surface area contributed by atoms with Gasteiger partial charge in [-0.25, -0.2) is 4.79 Å². The molecule has 25 heavy (non-hydrogen) atoms. The average molecular weight is 340 g/mol. The number of carbonyl (C=O) groups excluding carboxylic acids is 1. The maximum atomic E-state index is 11.8. The molecule has 132 valence electrons. The predicted octanol–water partition coefficient (Wildman–Crippen LogP) is 4.63. The lowest BCUT2D eigenvalue weighted by Gasteiger charge is -2.19. The molecule has 0 aromatic heterocycles. The van der Waals surface area contributed by atoms with E-state index in [9.17, 15) is 4.79 Å². The van der Waals surface area contributed by atoms with Crippen LogP contribution in [0, 0.1) is 0 Å². The molecule has 0 radical (unpaired) electrons. The standard InChI is InChI=1S/C21H24O4/c1-5-16-11-18(23-14-17-9-7-6-8-10-17)13-19(12-16)24-15-20(22)25-21(2,3)4/h5-13H,1,14-15H2,2-4H3. The van der Waals surface area contributed by atoms with Crippen molar-refractivity contribution in [2.24, 2.45) is 0 Å². The van der Waals surface area contributed by atoms with Gasteiger partial charge in [0.25, 0.3) is 0 Å². The summed E-state index contributed by atoms with van der Waals surface area (Å²) < 4.78 is 16.6. The van der Waals surface area contributed by atoms with E-state index in [-0.39, 0.29) is 6.61 Å². The van der Waals surface area contributed by atoms with E-state index in [1.165, 1.54) is 0 Å². The fourth-order valence-electron chi connectivity index (χ4n) is 2.13. The lowest BCUT2D eigenvalue weighted by molar-refractivity contribution is -0.157. The molecular formula is C21H24O4. The molecule has 2 aromatic rings. The Balaban J connectivity index is 2.01. The van der Waals surface area contributed by atoms with Crippen molar-refractivity contribution in [2.75, 3.05) is 6.61 Å². The first kappa shape index (κ1) is 18.6. The quantitative estimate of drug-likeness (QED) is 0.689. The minimum Gasteiger partial charge on any atom is -0.489 e. The van der Waals surface area contributed by atoms with Gasteiger partial charge in [0.05, 0.1) is 0 Å². The minimum absolute atomic E-state index is 0.157. The third kappa shape index (κ3) is 6.71. The van der Waals surface area contributed by atoms with Crippen LogP contribution in [0.4, 0.5) is 0 Å². The smallest absolute Gasteiger partial charge is 0.344 e. The van der Waals surface area contributed by atoms with Gasteiger partial charge in [-0.3, -0.25) is 0 Å². The molecule has 0 N–H and O–H groups in total. The molecular weight excluding hydrogens is 316 g/mol. The Kier molecular flexibility index (Phi) is 6.23. The molecule has 0 unspecified atom stereocenters. The van der Waals surface area contributed by atoms with E-state index in [0.717, 1.165) is 11.1 Å². The van der Waals surface area contributed by atoms with Gasteiger partial charge in [-0.1, -0.05) is 43.0 Å². The van der Waals surface area contributed by atoms with Gasteiger partial charge in [-0.15, -0.1) is 0 Å². The Labute approximate surface area is 149 Å². The van der Waals surface area contributed by atoms with Gasteiger partial charge in [0.1, 0.15) is 23.7 Å². The molecule has 0 amide bonds. The first-order valence-corrected chi connectivity index (χ1v) is 8.14. The zero-order chi connectivity index (χ0) is 18.3. The van der Waals surface area contributed by atoms with Crippen LogP contribution in [-0.2, 0) is 16.1 Å². The third-order valence-electron chi connectivity index (χ3n) is 3.16. The largest absolute Gasteiger partial charge is 0.489 e. The van der Waals surface area contributed by atoms with Crippen LogP contribution in [-0.4, -0.2) is 18.2 Å². The molecule has 0 aliphatic carbocycles. The summed E-state index contributed by atoms with van der Waals surface area (Å²) in [6.07, 6.45) is 1.70. The fraction of sp³-hybridized carbons (Fsp3) is 0.286. The van der Waals surface area contributed by atoms with E-state index in [1.54, 1.807) is 18.2 Å². The highest BCUT2D eigenvalue weighted by molar-refractivity contribution is 5.71. The Morgan fingerprint density at radius 3 is 2.28 bits per heavy atom. The number of esters is 1. The van der Waals surface area contributed by atoms with E-state index >= 15 is 0 Å². The van der Waals surface area contributed by atoms with Gasteiger partial charge in [0, 0.05) is 6.07 Å². The monoisotopic (exact) mass is 340 g/mol. The van der Waals surface area contributed by atoms with E-state index in [2.05, 4.69) is 6.58 Å². The summed E-state index contributed by atoms with van der Waals surface area (Å²) in [6.45, 7) is 9.52. The van der Waals surface area contributed by atoms with Gasteiger partial charge < -0.3 is 14.2 Å². The Bertz CT molecular complexity index is 714. The van der Waals surface area contributed by atoms with E-state index in [1.807, 2.05) is 57.2 Å². The molecule has 0 spiro atoms. The molecule has 0 aliphatic rings. The van der Waals surface area contributed by atoms with Crippen LogP contribution in [0.25, 0.3) is 6.08 Å². The fourth-order valence-corrected chi connectivity index (χ4v) is 2.13. The second kappa shape index (κ2) is 8.38. The SMILES string of the molecule is C=Cc1cc(OCC(=O)OC(C)(C)C)cc(OCc2ccccc2)c1. The van der Waals surface area contributed by atoms with Crippen molar-refractivity contribution < 1.29 is 19.0 Å². The summed E-state index contributed by atoms with van der Waals surface area (Å²) in [6, 6.07) is 15.3.